The van der Waals surface area contributed by atoms with Crippen LogP contribution < -0.4 is 15.8 Å². The van der Waals surface area contributed by atoms with E-state index in [1.165, 1.54) is 16.7 Å². The van der Waals surface area contributed by atoms with E-state index in [9.17, 15) is 0 Å². The Kier molecular flexibility index (Phi) is 4.24. The molecule has 0 aliphatic carbocycles. The summed E-state index contributed by atoms with van der Waals surface area (Å²) < 4.78 is 7.44. The van der Waals surface area contributed by atoms with Crippen LogP contribution >= 0.6 is 0 Å². The second kappa shape index (κ2) is 6.71. The maximum atomic E-state index is 5.86. The Labute approximate surface area is 153 Å². The third-order valence-corrected chi connectivity index (χ3v) is 4.76. The van der Waals surface area contributed by atoms with Crippen molar-refractivity contribution >= 4 is 11.9 Å². The molecule has 0 saturated carbocycles. The number of nitrogens with one attached hydrogen (secondary N) is 1. The van der Waals surface area contributed by atoms with Crippen molar-refractivity contribution in [2.24, 2.45) is 0 Å². The number of ether oxygens (including phenoxy) is 1. The van der Waals surface area contributed by atoms with E-state index >= 15 is 0 Å². The molecule has 1 aromatic heterocycles. The summed E-state index contributed by atoms with van der Waals surface area (Å²) in [6, 6.07) is 17.0. The molecule has 6 heteroatoms. The van der Waals surface area contributed by atoms with Crippen LogP contribution in [-0.2, 0) is 0 Å². The van der Waals surface area contributed by atoms with Crippen LogP contribution in [0.1, 0.15) is 42.1 Å². The van der Waals surface area contributed by atoms with Gasteiger partial charge in [-0.3, -0.25) is 0 Å². The van der Waals surface area contributed by atoms with Crippen molar-refractivity contribution in [3.8, 4) is 5.75 Å². The quantitative estimate of drug-likeness (QED) is 0.751. The summed E-state index contributed by atoms with van der Waals surface area (Å²) in [5.41, 5.74) is 9.51. The molecule has 0 unspecified atom stereocenters. The molecule has 26 heavy (non-hydrogen) atoms. The van der Waals surface area contributed by atoms with E-state index in [2.05, 4.69) is 58.7 Å². The van der Waals surface area contributed by atoms with Gasteiger partial charge in [0.05, 0.1) is 18.7 Å². The maximum absolute atomic E-state index is 5.86. The molecule has 0 spiro atoms. The first kappa shape index (κ1) is 16.4. The van der Waals surface area contributed by atoms with Gasteiger partial charge in [0.2, 0.25) is 11.9 Å². The monoisotopic (exact) mass is 349 g/mol. The minimum atomic E-state index is 0.0676. The highest BCUT2D eigenvalue weighted by atomic mass is 16.5. The number of anilines is 2. The van der Waals surface area contributed by atoms with Crippen LogP contribution in [0.3, 0.4) is 0 Å². The summed E-state index contributed by atoms with van der Waals surface area (Å²) in [6.07, 6.45) is 0.868. The number of hydrogen-bond donors (Lipinski definition) is 2. The number of aromatic nitrogens is 3. The van der Waals surface area contributed by atoms with Gasteiger partial charge in [-0.15, -0.1) is 5.10 Å². The van der Waals surface area contributed by atoms with Gasteiger partial charge in [0, 0.05) is 0 Å². The molecule has 1 aliphatic heterocycles. The van der Waals surface area contributed by atoms with Gasteiger partial charge in [0.15, 0.2) is 0 Å². The summed E-state index contributed by atoms with van der Waals surface area (Å²) in [7, 11) is 0. The normalized spacial score (nSPS) is 18.8. The van der Waals surface area contributed by atoms with Crippen molar-refractivity contribution in [3.05, 3.63) is 65.2 Å². The number of benzene rings is 2. The molecule has 2 heterocycles. The third-order valence-electron chi connectivity index (χ3n) is 4.76. The fourth-order valence-electron chi connectivity index (χ4n) is 3.44. The predicted octanol–water partition coefficient (Wildman–Crippen LogP) is 3.71. The average Bonchev–Trinajstić information content (AvgIpc) is 3.02. The topological polar surface area (TPSA) is 78.0 Å². The van der Waals surface area contributed by atoms with Crippen molar-refractivity contribution in [1.29, 1.82) is 0 Å². The number of nitrogens with zero attached hydrogens (tertiary/aromatic N) is 3. The van der Waals surface area contributed by atoms with E-state index in [4.69, 9.17) is 10.5 Å². The Morgan fingerprint density at radius 3 is 2.50 bits per heavy atom. The summed E-state index contributed by atoms with van der Waals surface area (Å²) in [4.78, 5) is 4.36. The molecule has 4 rings (SSSR count). The molecule has 0 fully saturated rings. The minimum absolute atomic E-state index is 0.0676. The van der Waals surface area contributed by atoms with Gasteiger partial charge in [-0.1, -0.05) is 42.0 Å². The van der Waals surface area contributed by atoms with Crippen LogP contribution in [0.5, 0.6) is 5.75 Å². The van der Waals surface area contributed by atoms with Gasteiger partial charge in [-0.25, -0.2) is 4.68 Å². The molecule has 0 amide bonds. The van der Waals surface area contributed by atoms with Crippen molar-refractivity contribution in [2.75, 3.05) is 17.7 Å². The molecule has 6 nitrogen and oxygen atoms in total. The van der Waals surface area contributed by atoms with Gasteiger partial charge >= 0.3 is 0 Å². The predicted molar refractivity (Wildman–Crippen MR) is 102 cm³/mol. The highest BCUT2D eigenvalue weighted by Crippen LogP contribution is 2.38. The number of fused-ring (bicyclic) bond motifs is 1. The lowest BCUT2D eigenvalue weighted by molar-refractivity contribution is 0.340. The molecule has 0 bridgehead atoms. The Morgan fingerprint density at radius 2 is 1.81 bits per heavy atom. The number of nitrogens with two attached hydrogens (primary N) is 1. The van der Waals surface area contributed by atoms with Gasteiger partial charge in [-0.05, 0) is 43.5 Å². The molecular weight excluding hydrogens is 326 g/mol. The Morgan fingerprint density at radius 1 is 1.12 bits per heavy atom. The number of nitrogen functional groups attached to an aromatic ring is 1. The standard InChI is InChI=1S/C20H23N5O/c1-3-26-16-10-8-15(9-11-16)18-12-17(14-6-4-13(2)5-7-14)22-20-23-19(21)24-25(18)20/h4-11,17-18H,3,12H2,1-2H3,(H3,21,22,23,24)/t17-,18-/m1/s1. The zero-order valence-corrected chi connectivity index (χ0v) is 15.0. The van der Waals surface area contributed by atoms with Crippen molar-refractivity contribution in [3.63, 3.8) is 0 Å². The van der Waals surface area contributed by atoms with E-state index in [-0.39, 0.29) is 18.0 Å². The van der Waals surface area contributed by atoms with Crippen molar-refractivity contribution in [2.45, 2.75) is 32.4 Å². The van der Waals surface area contributed by atoms with Crippen LogP contribution in [-0.4, -0.2) is 21.4 Å². The lowest BCUT2D eigenvalue weighted by Crippen LogP contribution is -2.28. The third kappa shape index (κ3) is 3.10. The van der Waals surface area contributed by atoms with Crippen LogP contribution in [0, 0.1) is 6.92 Å². The average molecular weight is 349 g/mol. The molecule has 134 valence electrons. The molecule has 0 radical (unpaired) electrons. The maximum Gasteiger partial charge on any atom is 0.241 e. The first-order chi connectivity index (χ1) is 12.6. The summed E-state index contributed by atoms with van der Waals surface area (Å²) in [5, 5.41) is 7.87. The first-order valence-corrected chi connectivity index (χ1v) is 8.92. The van der Waals surface area contributed by atoms with Crippen molar-refractivity contribution < 1.29 is 4.74 Å². The molecule has 3 aromatic rings. The number of hydrogen-bond acceptors (Lipinski definition) is 5. The Bertz CT molecular complexity index is 886. The second-order valence-electron chi connectivity index (χ2n) is 6.60. The van der Waals surface area contributed by atoms with Gasteiger partial charge in [-0.2, -0.15) is 4.98 Å². The SMILES string of the molecule is CCOc1ccc([C@H]2C[C@H](c3ccc(C)cc3)Nc3nc(N)nn32)cc1. The van der Waals surface area contributed by atoms with E-state index in [1.54, 1.807) is 0 Å². The number of aryl methyl sites for hydroxylation is 1. The Hall–Kier alpha value is -3.02. The van der Waals surface area contributed by atoms with Gasteiger partial charge < -0.3 is 15.8 Å². The first-order valence-electron chi connectivity index (χ1n) is 8.92. The van der Waals surface area contributed by atoms with Crippen molar-refractivity contribution in [1.82, 2.24) is 14.8 Å². The van der Waals surface area contributed by atoms with E-state index in [1.807, 2.05) is 23.7 Å². The molecule has 2 atom stereocenters. The summed E-state index contributed by atoms with van der Waals surface area (Å²) in [6.45, 7) is 4.74. The zero-order valence-electron chi connectivity index (χ0n) is 15.0. The highest BCUT2D eigenvalue weighted by Gasteiger charge is 2.30. The zero-order chi connectivity index (χ0) is 18.1. The molecule has 1 aliphatic rings. The van der Waals surface area contributed by atoms with E-state index in [0.29, 0.717) is 12.6 Å². The highest BCUT2D eigenvalue weighted by molar-refractivity contribution is 5.42. The fourth-order valence-corrected chi connectivity index (χ4v) is 3.44. The summed E-state index contributed by atoms with van der Waals surface area (Å²) >= 11 is 0. The minimum Gasteiger partial charge on any atom is -0.494 e. The van der Waals surface area contributed by atoms with Crippen LogP contribution in [0.15, 0.2) is 48.5 Å². The largest absolute Gasteiger partial charge is 0.494 e. The number of rotatable bonds is 4. The summed E-state index contributed by atoms with van der Waals surface area (Å²) in [5.74, 6) is 1.87. The lowest BCUT2D eigenvalue weighted by atomic mass is 9.93. The van der Waals surface area contributed by atoms with Crippen LogP contribution in [0.2, 0.25) is 0 Å². The molecule has 0 saturated heterocycles. The van der Waals surface area contributed by atoms with Gasteiger partial charge in [0.1, 0.15) is 5.75 Å². The van der Waals surface area contributed by atoms with Crippen LogP contribution in [0.25, 0.3) is 0 Å². The molecular formula is C20H23N5O. The smallest absolute Gasteiger partial charge is 0.241 e. The molecule has 2 aromatic carbocycles. The fraction of sp³-hybridized carbons (Fsp3) is 0.300. The molecule has 3 N–H and O–H groups in total. The van der Waals surface area contributed by atoms with E-state index < -0.39 is 0 Å². The van der Waals surface area contributed by atoms with Gasteiger partial charge in [0.25, 0.3) is 0 Å². The second-order valence-corrected chi connectivity index (χ2v) is 6.60. The lowest BCUT2D eigenvalue weighted by Gasteiger charge is -2.31. The Balaban J connectivity index is 1.69. The van der Waals surface area contributed by atoms with E-state index in [0.717, 1.165) is 12.2 Å². The van der Waals surface area contributed by atoms with Crippen LogP contribution in [0.4, 0.5) is 11.9 Å².